The van der Waals surface area contributed by atoms with Gasteiger partial charge in [-0.2, -0.15) is 11.8 Å². The number of rotatable bonds is 8. The van der Waals surface area contributed by atoms with Gasteiger partial charge in [-0.15, -0.1) is 0 Å². The van der Waals surface area contributed by atoms with Gasteiger partial charge < -0.3 is 9.52 Å². The van der Waals surface area contributed by atoms with Crippen molar-refractivity contribution in [3.05, 3.63) is 57.2 Å². The summed E-state index contributed by atoms with van der Waals surface area (Å²) >= 11 is 7.72. The lowest BCUT2D eigenvalue weighted by Crippen LogP contribution is -2.44. The molecule has 1 saturated heterocycles. The molecule has 1 amide bonds. The van der Waals surface area contributed by atoms with E-state index in [9.17, 15) is 24.8 Å². The summed E-state index contributed by atoms with van der Waals surface area (Å²) in [5.41, 5.74) is 0.223. The largest absolute Gasteiger partial charge is 0.480 e. The second-order valence-electron chi connectivity index (χ2n) is 6.16. The fourth-order valence-electron chi connectivity index (χ4n) is 2.89. The Labute approximate surface area is 185 Å². The summed E-state index contributed by atoms with van der Waals surface area (Å²) < 4.78 is 5.86. The third kappa shape index (κ3) is 4.58. The Kier molecular flexibility index (Phi) is 6.95. The van der Waals surface area contributed by atoms with E-state index < -0.39 is 22.8 Å². The molecule has 0 aliphatic carbocycles. The number of carboxylic acid groups (broad SMARTS) is 1. The second-order valence-corrected chi connectivity index (χ2v) is 8.82. The first-order chi connectivity index (χ1) is 14.3. The van der Waals surface area contributed by atoms with Crippen molar-refractivity contribution < 1.29 is 24.0 Å². The molecule has 1 fully saturated rings. The van der Waals surface area contributed by atoms with Gasteiger partial charge in [0.05, 0.1) is 15.4 Å². The van der Waals surface area contributed by atoms with E-state index in [1.54, 1.807) is 30.3 Å². The molecule has 1 N–H and O–H groups in total. The van der Waals surface area contributed by atoms with E-state index in [1.807, 2.05) is 6.26 Å². The molecule has 8 nitrogen and oxygen atoms in total. The maximum atomic E-state index is 12.8. The van der Waals surface area contributed by atoms with Crippen LogP contribution in [0.15, 0.2) is 45.7 Å². The average molecular weight is 465 g/mol. The van der Waals surface area contributed by atoms with Gasteiger partial charge in [-0.25, -0.2) is 4.79 Å². The molecular formula is C19H16N2O6S3. The van der Waals surface area contributed by atoms with Crippen LogP contribution < -0.4 is 0 Å². The lowest BCUT2D eigenvalue weighted by atomic mass is 10.1. The van der Waals surface area contributed by atoms with Crippen LogP contribution in [0.2, 0.25) is 0 Å². The zero-order valence-corrected chi connectivity index (χ0v) is 18.1. The normalized spacial score (nSPS) is 16.3. The number of nitro groups is 1. The Bertz CT molecular complexity index is 1050. The van der Waals surface area contributed by atoms with Gasteiger partial charge in [0, 0.05) is 12.1 Å². The highest BCUT2D eigenvalue weighted by Gasteiger charge is 2.40. The maximum Gasteiger partial charge on any atom is 0.326 e. The molecule has 2 heterocycles. The molecule has 1 aromatic carbocycles. The standard InChI is InChI=1S/C19H16N2O6S3/c1-29-9-8-14(18(23)24)20-17(22)16(30-19(20)28)10-11-6-7-15(27-11)12-4-2-3-5-13(12)21(25)26/h2-7,10,14H,8-9H2,1H3,(H,23,24)/b16-10-/t14-/m1/s1. The summed E-state index contributed by atoms with van der Waals surface area (Å²) in [6.45, 7) is 0. The third-order valence-corrected chi connectivity index (χ3v) is 6.26. The summed E-state index contributed by atoms with van der Waals surface area (Å²) in [6.07, 6.45) is 3.60. The molecule has 30 heavy (non-hydrogen) atoms. The lowest BCUT2D eigenvalue weighted by molar-refractivity contribution is -0.384. The smallest absolute Gasteiger partial charge is 0.326 e. The molecule has 1 atom stereocenters. The van der Waals surface area contributed by atoms with E-state index in [1.165, 1.54) is 23.9 Å². The summed E-state index contributed by atoms with van der Waals surface area (Å²) in [5, 5.41) is 20.7. The number of aliphatic carboxylic acids is 1. The molecule has 1 aliphatic heterocycles. The summed E-state index contributed by atoms with van der Waals surface area (Å²) in [5.74, 6) is -0.447. The maximum absolute atomic E-state index is 12.8. The summed E-state index contributed by atoms with van der Waals surface area (Å²) in [4.78, 5) is 36.5. The number of furan rings is 1. The van der Waals surface area contributed by atoms with E-state index in [4.69, 9.17) is 16.6 Å². The highest BCUT2D eigenvalue weighted by molar-refractivity contribution is 8.26. The highest BCUT2D eigenvalue weighted by atomic mass is 32.2. The van der Waals surface area contributed by atoms with E-state index >= 15 is 0 Å². The SMILES string of the molecule is CSCC[C@H](C(=O)O)N1C(=O)/C(=C/c2ccc(-c3ccccc3[N+](=O)[O-])o2)SC1=S. The predicted octanol–water partition coefficient (Wildman–Crippen LogP) is 4.26. The Morgan fingerprint density at radius 2 is 2.13 bits per heavy atom. The van der Waals surface area contributed by atoms with Crippen molar-refractivity contribution in [3.63, 3.8) is 0 Å². The molecule has 0 bridgehead atoms. The molecule has 0 unspecified atom stereocenters. The number of para-hydroxylation sites is 1. The number of benzene rings is 1. The average Bonchev–Trinajstić information content (AvgIpc) is 3.28. The Hall–Kier alpha value is -2.63. The predicted molar refractivity (Wildman–Crippen MR) is 120 cm³/mol. The van der Waals surface area contributed by atoms with E-state index in [-0.39, 0.29) is 27.1 Å². The molecule has 0 spiro atoms. The van der Waals surface area contributed by atoms with Crippen molar-refractivity contribution >= 4 is 63.7 Å². The Morgan fingerprint density at radius 1 is 1.40 bits per heavy atom. The molecule has 3 rings (SSSR count). The van der Waals surface area contributed by atoms with Crippen LogP contribution in [-0.2, 0) is 9.59 Å². The van der Waals surface area contributed by atoms with Crippen LogP contribution in [0.1, 0.15) is 12.2 Å². The van der Waals surface area contributed by atoms with Crippen molar-refractivity contribution in [2.24, 2.45) is 0 Å². The monoisotopic (exact) mass is 464 g/mol. The number of thioether (sulfide) groups is 2. The van der Waals surface area contributed by atoms with Crippen molar-refractivity contribution in [2.75, 3.05) is 12.0 Å². The van der Waals surface area contributed by atoms with Crippen molar-refractivity contribution in [2.45, 2.75) is 12.5 Å². The number of hydrogen-bond acceptors (Lipinski definition) is 8. The topological polar surface area (TPSA) is 114 Å². The van der Waals surface area contributed by atoms with Crippen molar-refractivity contribution in [1.82, 2.24) is 4.90 Å². The van der Waals surface area contributed by atoms with Gasteiger partial charge in [0.1, 0.15) is 21.9 Å². The number of amides is 1. The van der Waals surface area contributed by atoms with E-state index in [2.05, 4.69) is 0 Å². The molecule has 0 radical (unpaired) electrons. The lowest BCUT2D eigenvalue weighted by Gasteiger charge is -2.22. The van der Waals surface area contributed by atoms with Crippen LogP contribution in [-0.4, -0.2) is 49.2 Å². The van der Waals surface area contributed by atoms with E-state index in [0.29, 0.717) is 17.1 Å². The first-order valence-electron chi connectivity index (χ1n) is 8.66. The van der Waals surface area contributed by atoms with Gasteiger partial charge in [-0.05, 0) is 36.6 Å². The minimum atomic E-state index is -1.11. The fourth-order valence-corrected chi connectivity index (χ4v) is 4.68. The van der Waals surface area contributed by atoms with Crippen molar-refractivity contribution in [1.29, 1.82) is 0 Å². The highest BCUT2D eigenvalue weighted by Crippen LogP contribution is 2.36. The van der Waals surface area contributed by atoms with Crippen LogP contribution in [0.5, 0.6) is 0 Å². The zero-order valence-electron chi connectivity index (χ0n) is 15.6. The number of nitro benzene ring substituents is 1. The van der Waals surface area contributed by atoms with Gasteiger partial charge in [0.15, 0.2) is 0 Å². The van der Waals surface area contributed by atoms with Crippen molar-refractivity contribution in [3.8, 4) is 11.3 Å². The van der Waals surface area contributed by atoms with E-state index in [0.717, 1.165) is 16.7 Å². The fraction of sp³-hybridized carbons (Fsp3) is 0.211. The van der Waals surface area contributed by atoms with Crippen LogP contribution >= 0.6 is 35.7 Å². The van der Waals surface area contributed by atoms with Gasteiger partial charge in [0.2, 0.25) is 0 Å². The van der Waals surface area contributed by atoms with Crippen LogP contribution in [0.25, 0.3) is 17.4 Å². The molecule has 156 valence electrons. The molecule has 0 saturated carbocycles. The van der Waals surface area contributed by atoms with Crippen LogP contribution in [0.4, 0.5) is 5.69 Å². The first kappa shape index (κ1) is 22.1. The minimum absolute atomic E-state index is 0.0946. The van der Waals surface area contributed by atoms with Gasteiger partial charge in [-0.3, -0.25) is 19.8 Å². The quantitative estimate of drug-likeness (QED) is 0.265. The van der Waals surface area contributed by atoms with Gasteiger partial charge >= 0.3 is 5.97 Å². The molecule has 1 aromatic heterocycles. The molecule has 11 heteroatoms. The number of carbonyl (C=O) groups excluding carboxylic acids is 1. The van der Waals surface area contributed by atoms with Crippen LogP contribution in [0, 0.1) is 10.1 Å². The third-order valence-electron chi connectivity index (χ3n) is 4.28. The Balaban J connectivity index is 1.87. The van der Waals surface area contributed by atoms with Gasteiger partial charge in [0.25, 0.3) is 11.6 Å². The first-order valence-corrected chi connectivity index (χ1v) is 11.3. The number of carboxylic acids is 1. The van der Waals surface area contributed by atoms with Gasteiger partial charge in [-0.1, -0.05) is 36.1 Å². The number of carbonyl (C=O) groups is 2. The second kappa shape index (κ2) is 9.45. The number of hydrogen-bond donors (Lipinski definition) is 1. The number of nitrogens with zero attached hydrogens (tertiary/aromatic N) is 2. The molecular weight excluding hydrogens is 448 g/mol. The zero-order chi connectivity index (χ0) is 21.8. The minimum Gasteiger partial charge on any atom is -0.480 e. The number of thiocarbonyl (C=S) groups is 1. The summed E-state index contributed by atoms with van der Waals surface area (Å²) in [6, 6.07) is 8.31. The Morgan fingerprint density at radius 3 is 2.80 bits per heavy atom. The molecule has 1 aliphatic rings. The van der Waals surface area contributed by atoms with Crippen LogP contribution in [0.3, 0.4) is 0 Å². The summed E-state index contributed by atoms with van der Waals surface area (Å²) in [7, 11) is 0. The molecule has 2 aromatic rings.